The smallest absolute Gasteiger partial charge is 0.164 e. The molecule has 0 unspecified atom stereocenters. The third-order valence-corrected chi connectivity index (χ3v) is 5.23. The van der Waals surface area contributed by atoms with Gasteiger partial charge in [-0.2, -0.15) is 0 Å². The Morgan fingerprint density at radius 1 is 1.15 bits per heavy atom. The molecule has 0 saturated carbocycles. The van der Waals surface area contributed by atoms with E-state index >= 15 is 0 Å². The molecule has 0 amide bonds. The van der Waals surface area contributed by atoms with E-state index in [2.05, 4.69) is 9.97 Å². The van der Waals surface area contributed by atoms with Gasteiger partial charge in [-0.25, -0.2) is 9.97 Å². The molecule has 0 bridgehead atoms. The Balaban J connectivity index is 0.00000210. The molecule has 1 aromatic carbocycles. The minimum absolute atomic E-state index is 0. The summed E-state index contributed by atoms with van der Waals surface area (Å²) in [7, 11) is 0. The van der Waals surface area contributed by atoms with Gasteiger partial charge in [-0.1, -0.05) is 30.7 Å². The van der Waals surface area contributed by atoms with Crippen molar-refractivity contribution in [2.75, 3.05) is 5.73 Å². The lowest BCUT2D eigenvalue weighted by Crippen LogP contribution is -2.34. The maximum Gasteiger partial charge on any atom is 0.164 e. The molecule has 9 heteroatoms. The van der Waals surface area contributed by atoms with Crippen molar-refractivity contribution in [1.29, 1.82) is 0 Å². The van der Waals surface area contributed by atoms with Crippen LogP contribution in [-0.4, -0.2) is 43.1 Å². The van der Waals surface area contributed by atoms with Gasteiger partial charge >= 0.3 is 0 Å². The van der Waals surface area contributed by atoms with Gasteiger partial charge < -0.3 is 25.3 Å². The van der Waals surface area contributed by atoms with Crippen LogP contribution in [0.2, 0.25) is 5.02 Å². The average molecular weight is 411 g/mol. The van der Waals surface area contributed by atoms with Crippen LogP contribution in [-0.2, 0) is 4.74 Å². The third kappa shape index (κ3) is 3.37. The minimum Gasteiger partial charge on any atom is -0.387 e. The van der Waals surface area contributed by atoms with Crippen molar-refractivity contribution in [3.8, 4) is 0 Å². The summed E-state index contributed by atoms with van der Waals surface area (Å²) < 4.78 is 7.73. The summed E-state index contributed by atoms with van der Waals surface area (Å²) in [6, 6.07) is 9.14. The zero-order valence-electron chi connectivity index (χ0n) is 14.4. The van der Waals surface area contributed by atoms with Crippen LogP contribution in [0.1, 0.15) is 24.6 Å². The molecule has 1 aliphatic rings. The molecule has 2 aromatic heterocycles. The molecular weight excluding hydrogens is 391 g/mol. The van der Waals surface area contributed by atoms with Crippen LogP contribution in [0.4, 0.5) is 5.82 Å². The molecule has 4 N–H and O–H groups in total. The van der Waals surface area contributed by atoms with Gasteiger partial charge in [0.1, 0.15) is 30.0 Å². The largest absolute Gasteiger partial charge is 0.387 e. The summed E-state index contributed by atoms with van der Waals surface area (Å²) in [6.45, 7) is 1.94. The maximum atomic E-state index is 10.6. The van der Waals surface area contributed by atoms with Crippen LogP contribution in [0, 0.1) is 0 Å². The molecule has 0 aliphatic carbocycles. The van der Waals surface area contributed by atoms with Gasteiger partial charge in [0, 0.05) is 17.1 Å². The van der Waals surface area contributed by atoms with E-state index in [0.717, 1.165) is 5.56 Å². The first kappa shape index (κ1) is 19.9. The van der Waals surface area contributed by atoms with Gasteiger partial charge in [-0.3, -0.25) is 0 Å². The molecule has 4 rings (SSSR count). The second-order valence-corrected chi connectivity index (χ2v) is 6.97. The molecular formula is C18H20Cl2N4O3. The number of aromatic nitrogens is 3. The van der Waals surface area contributed by atoms with Crippen LogP contribution < -0.4 is 5.73 Å². The first-order valence-electron chi connectivity index (χ1n) is 8.31. The number of halogens is 2. The highest BCUT2D eigenvalue weighted by Crippen LogP contribution is 2.38. The number of ether oxygens (including phenoxy) is 1. The highest BCUT2D eigenvalue weighted by molar-refractivity contribution is 6.30. The summed E-state index contributed by atoms with van der Waals surface area (Å²) in [6.07, 6.45) is -0.390. The van der Waals surface area contributed by atoms with Crippen molar-refractivity contribution in [3.05, 3.63) is 53.4 Å². The fourth-order valence-electron chi connectivity index (χ4n) is 3.48. The van der Waals surface area contributed by atoms with E-state index in [1.54, 1.807) is 29.0 Å². The Kier molecular flexibility index (Phi) is 5.60. The number of fused-ring (bicyclic) bond motifs is 1. The van der Waals surface area contributed by atoms with E-state index in [9.17, 15) is 10.2 Å². The zero-order valence-corrected chi connectivity index (χ0v) is 16.0. The maximum absolute atomic E-state index is 10.6. The van der Waals surface area contributed by atoms with Crippen molar-refractivity contribution in [2.45, 2.75) is 37.4 Å². The molecule has 5 atom stereocenters. The Hall–Kier alpha value is -1.90. The third-order valence-electron chi connectivity index (χ3n) is 4.98. The highest BCUT2D eigenvalue weighted by atomic mass is 35.5. The molecule has 0 radical (unpaired) electrons. The molecule has 1 aliphatic heterocycles. The summed E-state index contributed by atoms with van der Waals surface area (Å²) >= 11 is 5.94. The van der Waals surface area contributed by atoms with Crippen molar-refractivity contribution in [1.82, 2.24) is 14.5 Å². The second-order valence-electron chi connectivity index (χ2n) is 6.53. The van der Waals surface area contributed by atoms with Gasteiger partial charge in [0.05, 0.1) is 11.5 Å². The number of anilines is 1. The molecule has 3 heterocycles. The molecule has 7 nitrogen and oxygen atoms in total. The normalized spacial score (nSPS) is 26.1. The predicted octanol–water partition coefficient (Wildman–Crippen LogP) is 2.51. The Morgan fingerprint density at radius 2 is 1.85 bits per heavy atom. The van der Waals surface area contributed by atoms with Crippen LogP contribution in [0.3, 0.4) is 0 Å². The van der Waals surface area contributed by atoms with Gasteiger partial charge in [-0.15, -0.1) is 12.4 Å². The number of hydrogen-bond donors (Lipinski definition) is 3. The summed E-state index contributed by atoms with van der Waals surface area (Å²) in [5.74, 6) is 0.219. The van der Waals surface area contributed by atoms with Crippen molar-refractivity contribution >= 4 is 40.9 Å². The number of aliphatic hydroxyl groups excluding tert-OH is 2. The Labute approximate surface area is 167 Å². The van der Waals surface area contributed by atoms with Crippen LogP contribution in [0.5, 0.6) is 0 Å². The van der Waals surface area contributed by atoms with Gasteiger partial charge in [0.2, 0.25) is 0 Å². The van der Waals surface area contributed by atoms with Crippen LogP contribution in [0.25, 0.3) is 11.0 Å². The lowest BCUT2D eigenvalue weighted by atomic mass is 9.91. The molecule has 0 spiro atoms. The SMILES string of the molecule is C[C@@H](c1ccc(Cl)cc1)[C@H]1O[C@@H](n2ccc3c(N)ncnc32)[C@H](O)[C@@H]1O.Cl. The number of nitrogens with two attached hydrogens (primary N) is 1. The highest BCUT2D eigenvalue weighted by Gasteiger charge is 2.46. The van der Waals surface area contributed by atoms with E-state index in [-0.39, 0.29) is 18.3 Å². The van der Waals surface area contributed by atoms with E-state index in [1.807, 2.05) is 19.1 Å². The summed E-state index contributed by atoms with van der Waals surface area (Å²) in [4.78, 5) is 8.19. The lowest BCUT2D eigenvalue weighted by Gasteiger charge is -2.22. The second kappa shape index (κ2) is 7.61. The first-order chi connectivity index (χ1) is 12.5. The number of rotatable bonds is 3. The van der Waals surface area contributed by atoms with E-state index < -0.39 is 24.5 Å². The summed E-state index contributed by atoms with van der Waals surface area (Å²) in [5.41, 5.74) is 7.38. The fraction of sp³-hybridized carbons (Fsp3) is 0.333. The van der Waals surface area contributed by atoms with Crippen LogP contribution in [0.15, 0.2) is 42.9 Å². The number of hydrogen-bond acceptors (Lipinski definition) is 6. The topological polar surface area (TPSA) is 106 Å². The number of benzene rings is 1. The van der Waals surface area contributed by atoms with E-state index in [1.165, 1.54) is 6.33 Å². The standard InChI is InChI=1S/C18H19ClN4O3.ClH/c1-9(10-2-4-11(19)5-3-10)15-13(24)14(25)18(26-15)23-7-6-12-16(20)21-8-22-17(12)23;/h2-9,13-15,18,24-25H,1H3,(H2,20,21,22);1H/t9-,13-,14+,15+,18+;/m0./s1. The molecule has 1 saturated heterocycles. The van der Waals surface area contributed by atoms with Crippen molar-refractivity contribution in [2.24, 2.45) is 0 Å². The zero-order chi connectivity index (χ0) is 18.4. The van der Waals surface area contributed by atoms with Gasteiger partial charge in [-0.05, 0) is 23.8 Å². The monoisotopic (exact) mass is 410 g/mol. The summed E-state index contributed by atoms with van der Waals surface area (Å²) in [5, 5.41) is 22.5. The number of nitrogen functional groups attached to an aromatic ring is 1. The first-order valence-corrected chi connectivity index (χ1v) is 8.69. The predicted molar refractivity (Wildman–Crippen MR) is 105 cm³/mol. The van der Waals surface area contributed by atoms with Gasteiger partial charge in [0.25, 0.3) is 0 Å². The molecule has 3 aromatic rings. The Bertz CT molecular complexity index is 934. The molecule has 1 fully saturated rings. The average Bonchev–Trinajstić information content (AvgIpc) is 3.18. The molecule has 27 heavy (non-hydrogen) atoms. The Morgan fingerprint density at radius 3 is 2.56 bits per heavy atom. The van der Waals surface area contributed by atoms with Crippen LogP contribution >= 0.6 is 24.0 Å². The van der Waals surface area contributed by atoms with Gasteiger partial charge in [0.15, 0.2) is 6.23 Å². The fourth-order valence-corrected chi connectivity index (χ4v) is 3.61. The van der Waals surface area contributed by atoms with Crippen molar-refractivity contribution < 1.29 is 14.9 Å². The number of aliphatic hydroxyl groups is 2. The minimum atomic E-state index is -1.10. The quantitative estimate of drug-likeness (QED) is 0.612. The van der Waals surface area contributed by atoms with E-state index in [0.29, 0.717) is 21.9 Å². The van der Waals surface area contributed by atoms with Crippen molar-refractivity contribution in [3.63, 3.8) is 0 Å². The van der Waals surface area contributed by atoms with E-state index in [4.69, 9.17) is 22.1 Å². The lowest BCUT2D eigenvalue weighted by molar-refractivity contribution is -0.0409. The molecule has 144 valence electrons. The number of nitrogens with zero attached hydrogens (tertiary/aromatic N) is 3.